The van der Waals surface area contributed by atoms with Crippen LogP contribution in [0.3, 0.4) is 0 Å². The molecular weight excluding hydrogens is 575 g/mol. The molecule has 42 heavy (non-hydrogen) atoms. The predicted molar refractivity (Wildman–Crippen MR) is 171 cm³/mol. The van der Waals surface area contributed by atoms with Crippen molar-refractivity contribution in [2.45, 2.75) is 97.9 Å². The van der Waals surface area contributed by atoms with E-state index in [9.17, 15) is 24.7 Å². The molecule has 0 aromatic heterocycles. The summed E-state index contributed by atoms with van der Waals surface area (Å²) in [5.41, 5.74) is 0.556. The van der Waals surface area contributed by atoms with Crippen LogP contribution in [0.2, 0.25) is 18.1 Å². The van der Waals surface area contributed by atoms with Crippen LogP contribution >= 0.6 is 7.21 Å². The summed E-state index contributed by atoms with van der Waals surface area (Å²) in [4.78, 5) is 47.1. The van der Waals surface area contributed by atoms with Gasteiger partial charge in [0.05, 0.1) is 0 Å². The molecule has 0 saturated carbocycles. The molecule has 1 aromatic carbocycles. The normalized spacial score (nSPS) is 14.5. The molecule has 1 atom stereocenters. The molecule has 11 nitrogen and oxygen atoms in total. The molecule has 0 heterocycles. The molecule has 0 aliphatic carbocycles. The summed E-state index contributed by atoms with van der Waals surface area (Å²) in [7, 11) is -6.41. The van der Waals surface area contributed by atoms with Crippen LogP contribution < -0.4 is 5.32 Å². The third-order valence-corrected chi connectivity index (χ3v) is 16.7. The van der Waals surface area contributed by atoms with Crippen molar-refractivity contribution >= 4 is 27.1 Å². The van der Waals surface area contributed by atoms with E-state index >= 15 is 0 Å². The summed E-state index contributed by atoms with van der Waals surface area (Å²) >= 11 is 0. The fraction of sp³-hybridized carbons (Fsp3) is 0.724. The van der Waals surface area contributed by atoms with Crippen molar-refractivity contribution in [3.05, 3.63) is 39.4 Å². The Morgan fingerprint density at radius 2 is 1.74 bits per heavy atom. The zero-order valence-corrected chi connectivity index (χ0v) is 29.0. The van der Waals surface area contributed by atoms with Crippen molar-refractivity contribution in [1.82, 2.24) is 9.99 Å². The molecule has 240 valence electrons. The van der Waals surface area contributed by atoms with Gasteiger partial charge in [-0.25, -0.2) is 0 Å². The molecule has 1 amide bonds. The molecule has 0 spiro atoms. The van der Waals surface area contributed by atoms with Crippen LogP contribution in [-0.2, 0) is 9.16 Å². The molecule has 1 unspecified atom stereocenters. The van der Waals surface area contributed by atoms with Crippen LogP contribution in [0.4, 0.5) is 5.69 Å². The second kappa shape index (κ2) is 15.2. The molecule has 1 aromatic rings. The predicted octanol–water partition coefficient (Wildman–Crippen LogP) is 5.78. The summed E-state index contributed by atoms with van der Waals surface area (Å²) in [5, 5.41) is 23.7. The topological polar surface area (TPSA) is 158 Å². The van der Waals surface area contributed by atoms with Gasteiger partial charge in [-0.3, -0.25) is 0 Å². The number of amides is 1. The maximum atomic E-state index is 12.7. The van der Waals surface area contributed by atoms with Crippen LogP contribution in [-0.4, -0.2) is 84.4 Å². The van der Waals surface area contributed by atoms with Gasteiger partial charge in [0.1, 0.15) is 0 Å². The van der Waals surface area contributed by atoms with Crippen LogP contribution in [0.25, 0.3) is 0 Å². The van der Waals surface area contributed by atoms with E-state index in [1.54, 1.807) is 16.8 Å². The fourth-order valence-corrected chi connectivity index (χ4v) is 9.86. The maximum absolute atomic E-state index is 12.7. The molecule has 3 N–H and O–H groups in total. The fourth-order valence-electron chi connectivity index (χ4n) is 4.88. The summed E-state index contributed by atoms with van der Waals surface area (Å²) in [6, 6.07) is 6.21. The van der Waals surface area contributed by atoms with Gasteiger partial charge < -0.3 is 4.43 Å². The summed E-state index contributed by atoms with van der Waals surface area (Å²) in [6.45, 7) is 20.8. The summed E-state index contributed by atoms with van der Waals surface area (Å²) in [5.74, 6) is -0.695. The number of benzene rings is 1. The standard InChI is InChI=1S/C29H53N4O7PSi/c1-22(2)32(23(3)4)41(37,38,18-11-14-30)19-17-39-16-15-31-28(34)25-12-13-26(27(20-25)33(35)36)24(5)21-40-42(9,10)29(6,7)8/h12-13,20,22-24,37-38H,11,15-19,21H2,1-10H3,(H,31,34). The van der Waals surface area contributed by atoms with Crippen molar-refractivity contribution in [2.75, 3.05) is 38.7 Å². The number of carbonyl (C=O) groups excluding carboxylic acids is 1. The second-order valence-electron chi connectivity index (χ2n) is 13.1. The quantitative estimate of drug-likeness (QED) is 0.0639. The Morgan fingerprint density at radius 3 is 2.24 bits per heavy atom. The van der Waals surface area contributed by atoms with Gasteiger partial charge in [0.15, 0.2) is 8.32 Å². The van der Waals surface area contributed by atoms with Crippen LogP contribution in [0.15, 0.2) is 18.2 Å². The number of hydrogen-bond acceptors (Lipinski definition) is 9. The van der Waals surface area contributed by atoms with Crippen molar-refractivity contribution in [3.8, 4) is 6.07 Å². The van der Waals surface area contributed by atoms with Crippen LogP contribution in [0, 0.1) is 21.4 Å². The van der Waals surface area contributed by atoms with E-state index in [1.807, 2.05) is 40.7 Å². The van der Waals surface area contributed by atoms with E-state index in [1.165, 1.54) is 6.07 Å². The molecule has 0 aliphatic heterocycles. The Hall–Kier alpha value is -1.97. The Labute approximate surface area is 253 Å². The third-order valence-electron chi connectivity index (χ3n) is 8.02. The molecule has 0 fully saturated rings. The molecule has 0 aliphatic rings. The number of nitrogens with one attached hydrogen (secondary N) is 1. The van der Waals surface area contributed by atoms with Gasteiger partial charge in [0.25, 0.3) is 0 Å². The summed E-state index contributed by atoms with van der Waals surface area (Å²) in [6.07, 6.45) is -0.0406. The second-order valence-corrected chi connectivity index (χ2v) is 22.0. The molecule has 1 rings (SSSR count). The number of carbonyl (C=O) groups is 1. The van der Waals surface area contributed by atoms with E-state index < -0.39 is 26.4 Å². The number of nitro benzene ring substituents is 1. The first-order valence-corrected chi connectivity index (χ1v) is 20.0. The van der Waals surface area contributed by atoms with Gasteiger partial charge in [0, 0.05) is 6.61 Å². The van der Waals surface area contributed by atoms with Crippen LogP contribution in [0.1, 0.15) is 83.7 Å². The minimum atomic E-state index is -4.38. The number of nitrogens with zero attached hydrogens (tertiary/aromatic N) is 3. The Balaban J connectivity index is 2.81. The zero-order valence-electron chi connectivity index (χ0n) is 27.1. The zero-order chi connectivity index (χ0) is 32.5. The van der Waals surface area contributed by atoms with E-state index in [4.69, 9.17) is 14.4 Å². The van der Waals surface area contributed by atoms with Gasteiger partial charge in [-0.15, -0.1) is 0 Å². The van der Waals surface area contributed by atoms with Gasteiger partial charge in [0.2, 0.25) is 0 Å². The van der Waals surface area contributed by atoms with E-state index in [-0.39, 0.29) is 72.8 Å². The van der Waals surface area contributed by atoms with Crippen molar-refractivity contribution in [3.63, 3.8) is 0 Å². The van der Waals surface area contributed by atoms with E-state index in [0.29, 0.717) is 12.2 Å². The van der Waals surface area contributed by atoms with Gasteiger partial charge >= 0.3 is 188 Å². The van der Waals surface area contributed by atoms with Gasteiger partial charge in [-0.1, -0.05) is 27.7 Å². The van der Waals surface area contributed by atoms with Gasteiger partial charge in [-0.05, 0) is 18.1 Å². The number of ether oxygens (including phenoxy) is 1. The van der Waals surface area contributed by atoms with Crippen LogP contribution in [0.5, 0.6) is 0 Å². The molecule has 0 bridgehead atoms. The Morgan fingerprint density at radius 1 is 1.14 bits per heavy atom. The number of nitriles is 1. The number of nitro groups is 1. The SMILES string of the molecule is CC(CO[Si](C)(C)C(C)(C)C)c1ccc(C(=O)NCCOCCP(O)(O)(CCC#N)N(C(C)C)C(C)C)cc1[N+](=O)[O-]. The average molecular weight is 629 g/mol. The molecule has 13 heteroatoms. The minimum absolute atomic E-state index is 0.0180. The number of rotatable bonds is 17. The monoisotopic (exact) mass is 628 g/mol. The Bertz CT molecular complexity index is 1110. The first kappa shape index (κ1) is 38.1. The average Bonchev–Trinajstić information content (AvgIpc) is 2.86. The van der Waals surface area contributed by atoms with Gasteiger partial charge in [-0.2, -0.15) is 0 Å². The van der Waals surface area contributed by atoms with Crippen molar-refractivity contribution in [2.24, 2.45) is 0 Å². The van der Waals surface area contributed by atoms with Crippen molar-refractivity contribution < 1.29 is 28.7 Å². The van der Waals surface area contributed by atoms with E-state index in [2.05, 4.69) is 39.2 Å². The summed E-state index contributed by atoms with van der Waals surface area (Å²) < 4.78 is 13.6. The first-order valence-electron chi connectivity index (χ1n) is 14.6. The first-order chi connectivity index (χ1) is 19.2. The molecular formula is C29H53N4O7PSi. The van der Waals surface area contributed by atoms with Crippen molar-refractivity contribution in [1.29, 1.82) is 5.26 Å². The Kier molecular flexibility index (Phi) is 13.7. The number of hydrogen-bond donors (Lipinski definition) is 3. The third kappa shape index (κ3) is 10.3. The van der Waals surface area contributed by atoms with E-state index in [0.717, 1.165) is 0 Å². The molecule has 0 saturated heterocycles. The molecule has 0 radical (unpaired) electrons.